The van der Waals surface area contributed by atoms with E-state index in [1.807, 2.05) is 6.07 Å². The maximum atomic E-state index is 4.27. The number of nitrogens with zero attached hydrogens (tertiary/aromatic N) is 2. The van der Waals surface area contributed by atoms with Gasteiger partial charge in [-0.1, -0.05) is 39.8 Å². The van der Waals surface area contributed by atoms with Gasteiger partial charge in [0.2, 0.25) is 0 Å². The summed E-state index contributed by atoms with van der Waals surface area (Å²) in [7, 11) is 0. The Morgan fingerprint density at radius 3 is 2.27 bits per heavy atom. The molecule has 22 heavy (non-hydrogen) atoms. The van der Waals surface area contributed by atoms with Gasteiger partial charge in [0.1, 0.15) is 18.0 Å². The van der Waals surface area contributed by atoms with E-state index in [4.69, 9.17) is 0 Å². The van der Waals surface area contributed by atoms with Gasteiger partial charge in [0.25, 0.3) is 0 Å². The highest BCUT2D eigenvalue weighted by atomic mass is 15.1. The minimum Gasteiger partial charge on any atom is -0.370 e. The fraction of sp³-hybridized carbons (Fsp3) is 0.444. The van der Waals surface area contributed by atoms with E-state index in [9.17, 15) is 0 Å². The monoisotopic (exact) mass is 298 g/mol. The Kier molecular flexibility index (Phi) is 5.75. The Morgan fingerprint density at radius 1 is 0.955 bits per heavy atom. The highest BCUT2D eigenvalue weighted by Gasteiger charge is 2.02. The Balaban J connectivity index is 1.97. The van der Waals surface area contributed by atoms with Gasteiger partial charge in [-0.05, 0) is 36.0 Å². The molecule has 1 heterocycles. The van der Waals surface area contributed by atoms with Crippen LogP contribution in [-0.2, 0) is 0 Å². The Labute approximate surface area is 133 Å². The van der Waals surface area contributed by atoms with Gasteiger partial charge >= 0.3 is 0 Å². The highest BCUT2D eigenvalue weighted by Crippen LogP contribution is 2.20. The van der Waals surface area contributed by atoms with Crippen molar-refractivity contribution in [1.82, 2.24) is 9.97 Å². The van der Waals surface area contributed by atoms with E-state index in [2.05, 4.69) is 72.6 Å². The Morgan fingerprint density at radius 2 is 1.64 bits per heavy atom. The minimum absolute atomic E-state index is 0.546. The maximum Gasteiger partial charge on any atom is 0.135 e. The second-order valence-corrected chi connectivity index (χ2v) is 6.30. The van der Waals surface area contributed by atoms with Gasteiger partial charge in [0, 0.05) is 18.3 Å². The van der Waals surface area contributed by atoms with Crippen LogP contribution in [0.1, 0.15) is 45.6 Å². The van der Waals surface area contributed by atoms with Crippen LogP contribution >= 0.6 is 0 Å². The van der Waals surface area contributed by atoms with Gasteiger partial charge in [-0.15, -0.1) is 0 Å². The molecule has 0 saturated carbocycles. The summed E-state index contributed by atoms with van der Waals surface area (Å²) < 4.78 is 0. The first kappa shape index (κ1) is 16.3. The van der Waals surface area contributed by atoms with E-state index in [0.717, 1.165) is 30.3 Å². The summed E-state index contributed by atoms with van der Waals surface area (Å²) in [6.07, 6.45) is 2.71. The van der Waals surface area contributed by atoms with Crippen molar-refractivity contribution in [2.75, 3.05) is 17.2 Å². The van der Waals surface area contributed by atoms with Crippen molar-refractivity contribution in [3.05, 3.63) is 42.2 Å². The number of benzene rings is 1. The molecule has 0 aliphatic heterocycles. The summed E-state index contributed by atoms with van der Waals surface area (Å²) in [6.45, 7) is 9.76. The molecule has 1 aromatic carbocycles. The first-order chi connectivity index (χ1) is 10.5. The summed E-state index contributed by atoms with van der Waals surface area (Å²) in [5.41, 5.74) is 2.38. The lowest BCUT2D eigenvalue weighted by Gasteiger charge is -2.10. The second-order valence-electron chi connectivity index (χ2n) is 6.30. The zero-order valence-electron chi connectivity index (χ0n) is 13.9. The van der Waals surface area contributed by atoms with Crippen LogP contribution in [0.4, 0.5) is 17.3 Å². The number of aromatic nitrogens is 2. The molecule has 0 aliphatic rings. The van der Waals surface area contributed by atoms with Crippen LogP contribution in [0.5, 0.6) is 0 Å². The van der Waals surface area contributed by atoms with Crippen LogP contribution in [0.15, 0.2) is 36.7 Å². The predicted octanol–water partition coefficient (Wildman–Crippen LogP) is 4.80. The third-order valence-corrected chi connectivity index (χ3v) is 3.54. The Bertz CT molecular complexity index is 576. The minimum atomic E-state index is 0.546. The molecular formula is C18H26N4. The summed E-state index contributed by atoms with van der Waals surface area (Å²) in [5.74, 6) is 2.90. The predicted molar refractivity (Wildman–Crippen MR) is 93.8 cm³/mol. The fourth-order valence-corrected chi connectivity index (χ4v) is 2.11. The molecule has 0 atom stereocenters. The molecule has 4 heteroatoms. The SMILES string of the molecule is CC(C)CCNc1cc(Nc2ccc(C(C)C)cc2)ncn1. The molecule has 0 fully saturated rings. The fourth-order valence-electron chi connectivity index (χ4n) is 2.11. The lowest BCUT2D eigenvalue weighted by atomic mass is 10.0. The molecule has 0 unspecified atom stereocenters. The third kappa shape index (κ3) is 5.02. The van der Waals surface area contributed by atoms with Gasteiger partial charge < -0.3 is 10.6 Å². The average Bonchev–Trinajstić information content (AvgIpc) is 2.48. The van der Waals surface area contributed by atoms with Crippen molar-refractivity contribution in [2.45, 2.75) is 40.0 Å². The number of hydrogen-bond donors (Lipinski definition) is 2. The largest absolute Gasteiger partial charge is 0.370 e. The summed E-state index contributed by atoms with van der Waals surface area (Å²) in [6, 6.07) is 10.4. The molecule has 0 bridgehead atoms. The first-order valence-corrected chi connectivity index (χ1v) is 7.97. The van der Waals surface area contributed by atoms with E-state index < -0.39 is 0 Å². The van der Waals surface area contributed by atoms with Crippen LogP contribution in [0.3, 0.4) is 0 Å². The van der Waals surface area contributed by atoms with Crippen LogP contribution < -0.4 is 10.6 Å². The van der Waals surface area contributed by atoms with E-state index in [1.165, 1.54) is 5.56 Å². The van der Waals surface area contributed by atoms with E-state index in [-0.39, 0.29) is 0 Å². The van der Waals surface area contributed by atoms with Crippen molar-refractivity contribution in [1.29, 1.82) is 0 Å². The van der Waals surface area contributed by atoms with Crippen molar-refractivity contribution < 1.29 is 0 Å². The first-order valence-electron chi connectivity index (χ1n) is 7.97. The van der Waals surface area contributed by atoms with Crippen molar-refractivity contribution in [2.24, 2.45) is 5.92 Å². The number of nitrogens with one attached hydrogen (secondary N) is 2. The highest BCUT2D eigenvalue weighted by molar-refractivity contribution is 5.59. The third-order valence-electron chi connectivity index (χ3n) is 3.54. The van der Waals surface area contributed by atoms with Gasteiger partial charge in [-0.3, -0.25) is 0 Å². The van der Waals surface area contributed by atoms with Gasteiger partial charge in [0.05, 0.1) is 0 Å². The van der Waals surface area contributed by atoms with Gasteiger partial charge in [-0.2, -0.15) is 0 Å². The van der Waals surface area contributed by atoms with Crippen LogP contribution in [0.25, 0.3) is 0 Å². The molecule has 4 nitrogen and oxygen atoms in total. The Hall–Kier alpha value is -2.10. The number of rotatable bonds is 7. The number of anilines is 3. The molecule has 2 rings (SSSR count). The zero-order valence-corrected chi connectivity index (χ0v) is 13.9. The molecule has 2 aromatic rings. The summed E-state index contributed by atoms with van der Waals surface area (Å²) in [5, 5.41) is 6.65. The molecule has 1 aromatic heterocycles. The van der Waals surface area contributed by atoms with Crippen molar-refractivity contribution in [3.63, 3.8) is 0 Å². The zero-order chi connectivity index (χ0) is 15.9. The molecule has 118 valence electrons. The molecule has 0 saturated heterocycles. The number of hydrogen-bond acceptors (Lipinski definition) is 4. The molecule has 0 spiro atoms. The molecule has 0 radical (unpaired) electrons. The van der Waals surface area contributed by atoms with E-state index in [0.29, 0.717) is 11.8 Å². The molecular weight excluding hydrogens is 272 g/mol. The van der Waals surface area contributed by atoms with Crippen LogP contribution in [0, 0.1) is 5.92 Å². The van der Waals surface area contributed by atoms with E-state index in [1.54, 1.807) is 6.33 Å². The smallest absolute Gasteiger partial charge is 0.135 e. The van der Waals surface area contributed by atoms with Gasteiger partial charge in [0.15, 0.2) is 0 Å². The van der Waals surface area contributed by atoms with Crippen LogP contribution in [-0.4, -0.2) is 16.5 Å². The average molecular weight is 298 g/mol. The maximum absolute atomic E-state index is 4.27. The normalized spacial score (nSPS) is 11.0. The van der Waals surface area contributed by atoms with Crippen molar-refractivity contribution >= 4 is 17.3 Å². The van der Waals surface area contributed by atoms with Crippen LogP contribution in [0.2, 0.25) is 0 Å². The lowest BCUT2D eigenvalue weighted by Crippen LogP contribution is -2.07. The molecule has 0 aliphatic carbocycles. The molecule has 0 amide bonds. The van der Waals surface area contributed by atoms with E-state index >= 15 is 0 Å². The summed E-state index contributed by atoms with van der Waals surface area (Å²) >= 11 is 0. The quantitative estimate of drug-likeness (QED) is 0.770. The van der Waals surface area contributed by atoms with Crippen molar-refractivity contribution in [3.8, 4) is 0 Å². The van der Waals surface area contributed by atoms with Gasteiger partial charge in [-0.25, -0.2) is 9.97 Å². The standard InChI is InChI=1S/C18H26N4/c1-13(2)9-10-19-17-11-18(21-12-20-17)22-16-7-5-15(6-8-16)14(3)4/h5-8,11-14H,9-10H2,1-4H3,(H2,19,20,21,22). The second kappa shape index (κ2) is 7.78. The molecule has 2 N–H and O–H groups in total. The summed E-state index contributed by atoms with van der Waals surface area (Å²) in [4.78, 5) is 8.53. The topological polar surface area (TPSA) is 49.8 Å². The lowest BCUT2D eigenvalue weighted by molar-refractivity contribution is 0.606.